The van der Waals surface area contributed by atoms with Crippen molar-refractivity contribution in [1.29, 1.82) is 0 Å². The predicted octanol–water partition coefficient (Wildman–Crippen LogP) is 2.40. The number of hydrogen-bond acceptors (Lipinski definition) is 4. The first kappa shape index (κ1) is 16.7. The minimum Gasteiger partial charge on any atom is -0.366 e. The van der Waals surface area contributed by atoms with Gasteiger partial charge in [0.25, 0.3) is 0 Å². The molecule has 0 unspecified atom stereocenters. The number of aryl methyl sites for hydroxylation is 2. The second kappa shape index (κ2) is 6.76. The van der Waals surface area contributed by atoms with Gasteiger partial charge in [-0.05, 0) is 54.8 Å². The van der Waals surface area contributed by atoms with Crippen LogP contribution < -0.4 is 11.1 Å². The highest BCUT2D eigenvalue weighted by molar-refractivity contribution is 5.92. The number of hydrogen-bond donors (Lipinski definition) is 2. The zero-order valence-electron chi connectivity index (χ0n) is 14.1. The van der Waals surface area contributed by atoms with Gasteiger partial charge in [-0.2, -0.15) is 0 Å². The zero-order chi connectivity index (χ0) is 18.0. The summed E-state index contributed by atoms with van der Waals surface area (Å²) in [5, 5.41) is 7.72. The third-order valence-electron chi connectivity index (χ3n) is 4.22. The number of aromatic nitrogens is 1. The number of benzene rings is 2. The molecule has 2 aromatic carbocycles. The highest BCUT2D eigenvalue weighted by atomic mass is 16.5. The van der Waals surface area contributed by atoms with Crippen LogP contribution in [0.5, 0.6) is 0 Å². The lowest BCUT2D eigenvalue weighted by Gasteiger charge is -2.05. The molecule has 0 saturated heterocycles. The van der Waals surface area contributed by atoms with Crippen molar-refractivity contribution in [2.75, 3.05) is 0 Å². The van der Waals surface area contributed by atoms with Gasteiger partial charge < -0.3 is 15.6 Å². The highest BCUT2D eigenvalue weighted by Crippen LogP contribution is 2.22. The molecule has 0 aliphatic heterocycles. The van der Waals surface area contributed by atoms with E-state index in [1.165, 1.54) is 0 Å². The maximum absolute atomic E-state index is 12.2. The third-order valence-corrected chi connectivity index (χ3v) is 4.22. The molecule has 0 radical (unpaired) electrons. The van der Waals surface area contributed by atoms with Crippen LogP contribution in [0.4, 0.5) is 0 Å². The quantitative estimate of drug-likeness (QED) is 0.747. The lowest BCUT2D eigenvalue weighted by Crippen LogP contribution is -2.24. The first-order valence-electron chi connectivity index (χ1n) is 7.95. The summed E-state index contributed by atoms with van der Waals surface area (Å²) in [6.45, 7) is 4.39. The van der Waals surface area contributed by atoms with Crippen LogP contribution in [0.1, 0.15) is 32.7 Å². The molecule has 0 spiro atoms. The van der Waals surface area contributed by atoms with E-state index in [1.54, 1.807) is 24.3 Å². The molecular formula is C19H19N3O3. The van der Waals surface area contributed by atoms with Crippen LogP contribution in [0.3, 0.4) is 0 Å². The lowest BCUT2D eigenvalue weighted by atomic mass is 10.1. The third kappa shape index (κ3) is 3.68. The summed E-state index contributed by atoms with van der Waals surface area (Å²) in [5.74, 6) is -0.619. The van der Waals surface area contributed by atoms with E-state index in [9.17, 15) is 9.59 Å². The molecule has 0 aliphatic rings. The number of primary amides is 1. The van der Waals surface area contributed by atoms with Crippen molar-refractivity contribution in [2.45, 2.75) is 26.8 Å². The highest BCUT2D eigenvalue weighted by Gasteiger charge is 2.13. The molecule has 3 rings (SSSR count). The van der Waals surface area contributed by atoms with Gasteiger partial charge in [-0.25, -0.2) is 0 Å². The van der Waals surface area contributed by atoms with E-state index >= 15 is 0 Å². The Morgan fingerprint density at radius 3 is 2.48 bits per heavy atom. The average molecular weight is 337 g/mol. The van der Waals surface area contributed by atoms with Crippen molar-refractivity contribution in [3.63, 3.8) is 0 Å². The van der Waals surface area contributed by atoms with E-state index < -0.39 is 5.91 Å². The van der Waals surface area contributed by atoms with Crippen molar-refractivity contribution >= 4 is 22.8 Å². The summed E-state index contributed by atoms with van der Waals surface area (Å²) in [6.07, 6.45) is 0.148. The molecule has 6 nitrogen and oxygen atoms in total. The Morgan fingerprint density at radius 2 is 1.80 bits per heavy atom. The number of rotatable bonds is 5. The summed E-state index contributed by atoms with van der Waals surface area (Å²) >= 11 is 0. The maximum atomic E-state index is 12.2. The Morgan fingerprint density at radius 1 is 1.12 bits per heavy atom. The predicted molar refractivity (Wildman–Crippen MR) is 94.0 cm³/mol. The van der Waals surface area contributed by atoms with E-state index in [0.29, 0.717) is 23.4 Å². The van der Waals surface area contributed by atoms with Crippen molar-refractivity contribution in [2.24, 2.45) is 5.73 Å². The summed E-state index contributed by atoms with van der Waals surface area (Å²) in [7, 11) is 0. The average Bonchev–Trinajstić information content (AvgIpc) is 2.95. The fourth-order valence-corrected chi connectivity index (χ4v) is 2.57. The fourth-order valence-electron chi connectivity index (χ4n) is 2.57. The number of nitrogens with two attached hydrogens (primary N) is 1. The molecule has 128 valence electrons. The molecule has 1 aromatic heterocycles. The summed E-state index contributed by atoms with van der Waals surface area (Å²) in [5.41, 5.74) is 10.1. The number of nitrogens with one attached hydrogen (secondary N) is 1. The molecule has 2 amide bonds. The number of carbonyl (C=O) groups excluding carboxylic acids is 2. The van der Waals surface area contributed by atoms with Gasteiger partial charge in [-0.15, -0.1) is 0 Å². The number of nitrogens with zero attached hydrogens (tertiary/aromatic N) is 1. The molecule has 0 fully saturated rings. The first-order chi connectivity index (χ1) is 11.9. The first-order valence-corrected chi connectivity index (χ1v) is 7.95. The molecule has 0 saturated carbocycles. The van der Waals surface area contributed by atoms with E-state index in [1.807, 2.05) is 26.0 Å². The standard InChI is InChI=1S/C19H19N3O3/c1-11-7-15-16(22-25-17(15)8-12(11)2)9-18(23)21-10-13-3-5-14(6-4-13)19(20)24/h3-8H,9-10H2,1-2H3,(H2,20,24)(H,21,23). The number of fused-ring (bicyclic) bond motifs is 1. The van der Waals surface area contributed by atoms with Crippen molar-refractivity contribution in [3.8, 4) is 0 Å². The lowest BCUT2D eigenvalue weighted by molar-refractivity contribution is -0.120. The minimum absolute atomic E-state index is 0.146. The van der Waals surface area contributed by atoms with Crippen molar-refractivity contribution in [1.82, 2.24) is 10.5 Å². The summed E-state index contributed by atoms with van der Waals surface area (Å²) < 4.78 is 5.31. The van der Waals surface area contributed by atoms with Gasteiger partial charge in [0.15, 0.2) is 5.58 Å². The number of carbonyl (C=O) groups is 2. The monoisotopic (exact) mass is 337 g/mol. The van der Waals surface area contributed by atoms with Gasteiger partial charge in [0.1, 0.15) is 5.69 Å². The van der Waals surface area contributed by atoms with Crippen LogP contribution in [-0.2, 0) is 17.8 Å². The molecule has 1 heterocycles. The summed E-state index contributed by atoms with van der Waals surface area (Å²) in [6, 6.07) is 10.7. The van der Waals surface area contributed by atoms with Gasteiger partial charge in [-0.1, -0.05) is 17.3 Å². The Bertz CT molecular complexity index is 942. The molecule has 3 aromatic rings. The van der Waals surface area contributed by atoms with Gasteiger partial charge in [0, 0.05) is 17.5 Å². The van der Waals surface area contributed by atoms with Gasteiger partial charge in [-0.3, -0.25) is 9.59 Å². The molecule has 0 bridgehead atoms. The van der Waals surface area contributed by atoms with E-state index in [4.69, 9.17) is 10.3 Å². The van der Waals surface area contributed by atoms with E-state index in [2.05, 4.69) is 10.5 Å². The van der Waals surface area contributed by atoms with Gasteiger partial charge >= 0.3 is 0 Å². The zero-order valence-corrected chi connectivity index (χ0v) is 14.1. The van der Waals surface area contributed by atoms with Crippen molar-refractivity contribution in [3.05, 3.63) is 64.3 Å². The fraction of sp³-hybridized carbons (Fsp3) is 0.211. The van der Waals surface area contributed by atoms with Gasteiger partial charge in [0.2, 0.25) is 11.8 Å². The molecule has 0 aliphatic carbocycles. The Labute approximate surface area is 145 Å². The molecule has 6 heteroatoms. The second-order valence-electron chi connectivity index (χ2n) is 6.08. The van der Waals surface area contributed by atoms with E-state index in [-0.39, 0.29) is 12.3 Å². The topological polar surface area (TPSA) is 98.2 Å². The largest absolute Gasteiger partial charge is 0.366 e. The molecule has 3 N–H and O–H groups in total. The van der Waals surface area contributed by atoms with Crippen LogP contribution in [0, 0.1) is 13.8 Å². The Kier molecular flexibility index (Phi) is 4.52. The molecule has 0 atom stereocenters. The normalized spacial score (nSPS) is 10.8. The Balaban J connectivity index is 1.65. The van der Waals surface area contributed by atoms with Gasteiger partial charge in [0.05, 0.1) is 6.42 Å². The molecule has 25 heavy (non-hydrogen) atoms. The van der Waals surface area contributed by atoms with Crippen LogP contribution in [0.2, 0.25) is 0 Å². The SMILES string of the molecule is Cc1cc2onc(CC(=O)NCc3ccc(C(N)=O)cc3)c2cc1C. The minimum atomic E-state index is -0.473. The maximum Gasteiger partial charge on any atom is 0.248 e. The summed E-state index contributed by atoms with van der Waals surface area (Å²) in [4.78, 5) is 23.2. The van der Waals surface area contributed by atoms with Crippen molar-refractivity contribution < 1.29 is 14.1 Å². The van der Waals surface area contributed by atoms with E-state index in [0.717, 1.165) is 22.1 Å². The van der Waals surface area contributed by atoms with Crippen LogP contribution >= 0.6 is 0 Å². The Hall–Kier alpha value is -3.15. The second-order valence-corrected chi connectivity index (χ2v) is 6.08. The van der Waals surface area contributed by atoms with Crippen LogP contribution in [-0.4, -0.2) is 17.0 Å². The number of amides is 2. The molecular weight excluding hydrogens is 318 g/mol. The van der Waals surface area contributed by atoms with Crippen LogP contribution in [0.15, 0.2) is 40.9 Å². The smallest absolute Gasteiger partial charge is 0.248 e. The van der Waals surface area contributed by atoms with Crippen LogP contribution in [0.25, 0.3) is 11.0 Å².